The molecule has 0 radical (unpaired) electrons. The first-order valence-corrected chi connectivity index (χ1v) is 5.82. The lowest BCUT2D eigenvalue weighted by atomic mass is 10.2. The molecule has 90 valence electrons. The Labute approximate surface area is 99.4 Å². The van der Waals surface area contributed by atoms with Crippen LogP contribution in [0.5, 0.6) is 5.75 Å². The molecule has 0 N–H and O–H groups in total. The summed E-state index contributed by atoms with van der Waals surface area (Å²) in [5, 5.41) is 0. The fourth-order valence-electron chi connectivity index (χ4n) is 1.47. The van der Waals surface area contributed by atoms with Crippen molar-refractivity contribution in [3.63, 3.8) is 0 Å². The molecular weight excluding hydrogens is 234 g/mol. The lowest BCUT2D eigenvalue weighted by Crippen LogP contribution is -2.13. The molecular formula is C12H15ClF2O. The van der Waals surface area contributed by atoms with Gasteiger partial charge in [0.15, 0.2) is 17.4 Å². The Hall–Kier alpha value is -0.830. The minimum absolute atomic E-state index is 0.0820. The highest BCUT2D eigenvalue weighted by molar-refractivity contribution is 6.17. The van der Waals surface area contributed by atoms with Gasteiger partial charge in [0.2, 0.25) is 0 Å². The molecule has 4 heteroatoms. The van der Waals surface area contributed by atoms with Gasteiger partial charge in [0.05, 0.1) is 6.10 Å². The number of hydrogen-bond donors (Lipinski definition) is 0. The van der Waals surface area contributed by atoms with Crippen molar-refractivity contribution in [2.75, 3.05) is 0 Å². The van der Waals surface area contributed by atoms with E-state index in [2.05, 4.69) is 0 Å². The van der Waals surface area contributed by atoms with E-state index in [1.165, 1.54) is 12.1 Å². The summed E-state index contributed by atoms with van der Waals surface area (Å²) in [4.78, 5) is 0. The Morgan fingerprint density at radius 3 is 2.31 bits per heavy atom. The quantitative estimate of drug-likeness (QED) is 0.707. The van der Waals surface area contributed by atoms with E-state index in [-0.39, 0.29) is 17.7 Å². The number of benzene rings is 1. The third-order valence-corrected chi connectivity index (χ3v) is 2.54. The maximum atomic E-state index is 13.5. The fraction of sp³-hybridized carbons (Fsp3) is 0.500. The van der Waals surface area contributed by atoms with Crippen LogP contribution in [0.1, 0.15) is 32.3 Å². The summed E-state index contributed by atoms with van der Waals surface area (Å²) < 4.78 is 32.2. The van der Waals surface area contributed by atoms with Crippen molar-refractivity contribution in [1.29, 1.82) is 0 Å². The molecule has 0 aliphatic heterocycles. The normalized spacial score (nSPS) is 12.6. The van der Waals surface area contributed by atoms with Gasteiger partial charge >= 0.3 is 0 Å². The van der Waals surface area contributed by atoms with E-state index in [1.807, 2.05) is 6.92 Å². The molecule has 0 aromatic heterocycles. The zero-order valence-corrected chi connectivity index (χ0v) is 10.2. The van der Waals surface area contributed by atoms with Crippen LogP contribution in [0, 0.1) is 11.6 Å². The van der Waals surface area contributed by atoms with E-state index in [9.17, 15) is 8.78 Å². The molecule has 1 atom stereocenters. The van der Waals surface area contributed by atoms with Crippen LogP contribution in [-0.4, -0.2) is 6.10 Å². The maximum Gasteiger partial charge on any atom is 0.191 e. The van der Waals surface area contributed by atoms with E-state index in [4.69, 9.17) is 16.3 Å². The number of ether oxygens (including phenoxy) is 1. The molecule has 1 rings (SSSR count). The van der Waals surface area contributed by atoms with Crippen LogP contribution in [0.15, 0.2) is 12.1 Å². The monoisotopic (exact) mass is 248 g/mol. The first kappa shape index (κ1) is 13.2. The van der Waals surface area contributed by atoms with Crippen LogP contribution in [-0.2, 0) is 5.88 Å². The highest BCUT2D eigenvalue weighted by Crippen LogP contribution is 2.25. The molecule has 1 unspecified atom stereocenters. The Kier molecular flexibility index (Phi) is 5.00. The van der Waals surface area contributed by atoms with Gasteiger partial charge in [0, 0.05) is 5.88 Å². The van der Waals surface area contributed by atoms with Crippen molar-refractivity contribution >= 4 is 11.6 Å². The van der Waals surface area contributed by atoms with Gasteiger partial charge in [-0.25, -0.2) is 8.78 Å². The SMILES string of the molecule is CCCC(C)Oc1c(F)cc(CCl)cc1F. The summed E-state index contributed by atoms with van der Waals surface area (Å²) in [6, 6.07) is 2.40. The van der Waals surface area contributed by atoms with Gasteiger partial charge in [-0.1, -0.05) is 13.3 Å². The standard InChI is InChI=1S/C12H15ClF2O/c1-3-4-8(2)16-12-10(14)5-9(7-13)6-11(12)15/h5-6,8H,3-4,7H2,1-2H3. The van der Waals surface area contributed by atoms with Gasteiger partial charge in [-0.2, -0.15) is 0 Å². The van der Waals surface area contributed by atoms with Gasteiger partial charge < -0.3 is 4.74 Å². The van der Waals surface area contributed by atoms with Gasteiger partial charge in [-0.05, 0) is 31.0 Å². The maximum absolute atomic E-state index is 13.5. The fourth-order valence-corrected chi connectivity index (χ4v) is 1.62. The first-order chi connectivity index (χ1) is 7.58. The number of rotatable bonds is 5. The van der Waals surface area contributed by atoms with E-state index in [0.29, 0.717) is 5.56 Å². The largest absolute Gasteiger partial charge is 0.485 e. The lowest BCUT2D eigenvalue weighted by Gasteiger charge is -2.15. The molecule has 0 spiro atoms. The highest BCUT2D eigenvalue weighted by Gasteiger charge is 2.14. The molecule has 0 saturated heterocycles. The first-order valence-electron chi connectivity index (χ1n) is 5.29. The van der Waals surface area contributed by atoms with Gasteiger partial charge in [0.25, 0.3) is 0 Å². The zero-order valence-electron chi connectivity index (χ0n) is 9.40. The minimum atomic E-state index is -0.696. The second-order valence-electron chi connectivity index (χ2n) is 3.74. The molecule has 0 fully saturated rings. The molecule has 0 saturated carbocycles. The van der Waals surface area contributed by atoms with Gasteiger partial charge in [-0.3, -0.25) is 0 Å². The molecule has 1 nitrogen and oxygen atoms in total. The van der Waals surface area contributed by atoms with Crippen molar-refractivity contribution in [3.8, 4) is 5.75 Å². The second kappa shape index (κ2) is 6.04. The van der Waals surface area contributed by atoms with Crippen LogP contribution >= 0.6 is 11.6 Å². The molecule has 16 heavy (non-hydrogen) atoms. The number of alkyl halides is 1. The molecule has 0 aliphatic rings. The molecule has 0 amide bonds. The van der Waals surface area contributed by atoms with Crippen LogP contribution in [0.2, 0.25) is 0 Å². The molecule has 1 aromatic carbocycles. The topological polar surface area (TPSA) is 9.23 Å². The molecule has 0 aliphatic carbocycles. The van der Waals surface area contributed by atoms with Crippen molar-refractivity contribution in [2.45, 2.75) is 38.7 Å². The lowest BCUT2D eigenvalue weighted by molar-refractivity contribution is 0.191. The van der Waals surface area contributed by atoms with Crippen LogP contribution < -0.4 is 4.74 Å². The second-order valence-corrected chi connectivity index (χ2v) is 4.01. The zero-order chi connectivity index (χ0) is 12.1. The minimum Gasteiger partial charge on any atom is -0.485 e. The molecule has 0 bridgehead atoms. The van der Waals surface area contributed by atoms with Crippen LogP contribution in [0.25, 0.3) is 0 Å². The summed E-state index contributed by atoms with van der Waals surface area (Å²) >= 11 is 5.50. The summed E-state index contributed by atoms with van der Waals surface area (Å²) in [5.74, 6) is -1.62. The Morgan fingerprint density at radius 2 is 1.88 bits per heavy atom. The van der Waals surface area contributed by atoms with Crippen molar-refractivity contribution in [2.24, 2.45) is 0 Å². The van der Waals surface area contributed by atoms with Gasteiger partial charge in [0.1, 0.15) is 0 Å². The Bertz CT molecular complexity index is 332. The van der Waals surface area contributed by atoms with Crippen LogP contribution in [0.3, 0.4) is 0 Å². The predicted molar refractivity (Wildman–Crippen MR) is 60.9 cm³/mol. The van der Waals surface area contributed by atoms with Crippen molar-refractivity contribution in [3.05, 3.63) is 29.3 Å². The smallest absolute Gasteiger partial charge is 0.191 e. The summed E-state index contributed by atoms with van der Waals surface area (Å²) in [5.41, 5.74) is 0.409. The van der Waals surface area contributed by atoms with Crippen LogP contribution in [0.4, 0.5) is 8.78 Å². The summed E-state index contributed by atoms with van der Waals surface area (Å²) in [6.07, 6.45) is 1.47. The average molecular weight is 249 g/mol. The summed E-state index contributed by atoms with van der Waals surface area (Å²) in [6.45, 7) is 3.78. The van der Waals surface area contributed by atoms with E-state index in [1.54, 1.807) is 6.92 Å². The van der Waals surface area contributed by atoms with E-state index < -0.39 is 11.6 Å². The molecule has 0 heterocycles. The average Bonchev–Trinajstić information content (AvgIpc) is 2.23. The number of halogens is 3. The Balaban J connectivity index is 2.87. The molecule has 1 aromatic rings. The third-order valence-electron chi connectivity index (χ3n) is 2.23. The number of hydrogen-bond acceptors (Lipinski definition) is 1. The highest BCUT2D eigenvalue weighted by atomic mass is 35.5. The Morgan fingerprint density at radius 1 is 1.31 bits per heavy atom. The summed E-state index contributed by atoms with van der Waals surface area (Å²) in [7, 11) is 0. The third kappa shape index (κ3) is 3.34. The predicted octanol–water partition coefficient (Wildman–Crippen LogP) is 4.27. The van der Waals surface area contributed by atoms with Crippen molar-refractivity contribution < 1.29 is 13.5 Å². The van der Waals surface area contributed by atoms with Crippen molar-refractivity contribution in [1.82, 2.24) is 0 Å². The van der Waals surface area contributed by atoms with Gasteiger partial charge in [-0.15, -0.1) is 11.6 Å². The van der Waals surface area contributed by atoms with E-state index >= 15 is 0 Å². The van der Waals surface area contributed by atoms with E-state index in [0.717, 1.165) is 12.8 Å².